The monoisotopic (exact) mass is 254 g/mol. The van der Waals surface area contributed by atoms with E-state index in [1.165, 1.54) is 0 Å². The molecule has 0 N–H and O–H groups in total. The van der Waals surface area contributed by atoms with Gasteiger partial charge >= 0.3 is 0 Å². The third-order valence-electron chi connectivity index (χ3n) is 7.67. The van der Waals surface area contributed by atoms with E-state index in [0.717, 1.165) is 0 Å². The fraction of sp³-hybridized carbons (Fsp3) is 1.00. The van der Waals surface area contributed by atoms with Gasteiger partial charge < -0.3 is 0 Å². The molecule has 0 radical (unpaired) electrons. The van der Waals surface area contributed by atoms with Crippen molar-refractivity contribution in [2.75, 3.05) is 0 Å². The Morgan fingerprint density at radius 2 is 0.611 bits per heavy atom. The van der Waals surface area contributed by atoms with Crippen LogP contribution in [0.1, 0.15) is 83.1 Å². The summed E-state index contributed by atoms with van der Waals surface area (Å²) in [6, 6.07) is 0. The standard InChI is InChI=1S/C18H38/c1-13(2)15(5,6)17(9,10)18(11,12)16(7,8)14(3)4/h13-14H,1-12H3. The second kappa shape index (κ2) is 4.84. The molecule has 0 aromatic carbocycles. The molecule has 0 aromatic rings. The lowest BCUT2D eigenvalue weighted by atomic mass is 9.43. The molecule has 0 spiro atoms. The molecule has 0 amide bonds. The van der Waals surface area contributed by atoms with Crippen LogP contribution in [-0.2, 0) is 0 Å². The first-order chi connectivity index (χ1) is 7.64. The lowest BCUT2D eigenvalue weighted by Gasteiger charge is -2.61. The van der Waals surface area contributed by atoms with Gasteiger partial charge in [-0.15, -0.1) is 0 Å². The minimum absolute atomic E-state index is 0.280. The Labute approximate surface area is 117 Å². The number of hydrogen-bond donors (Lipinski definition) is 0. The molecular formula is C18H38. The minimum atomic E-state index is 0.280. The Morgan fingerprint density at radius 1 is 0.444 bits per heavy atom. The van der Waals surface area contributed by atoms with Gasteiger partial charge in [-0.05, 0) is 33.5 Å². The van der Waals surface area contributed by atoms with E-state index in [1.54, 1.807) is 0 Å². The molecule has 110 valence electrons. The highest BCUT2D eigenvalue weighted by molar-refractivity contribution is 5.04. The highest BCUT2D eigenvalue weighted by Crippen LogP contribution is 2.62. The topological polar surface area (TPSA) is 0 Å². The SMILES string of the molecule is CC(C)C(C)(C)C(C)(C)C(C)(C)C(C)(C)C(C)C. The van der Waals surface area contributed by atoms with Gasteiger partial charge in [0.25, 0.3) is 0 Å². The fourth-order valence-corrected chi connectivity index (χ4v) is 3.05. The van der Waals surface area contributed by atoms with Gasteiger partial charge in [0.05, 0.1) is 0 Å². The Hall–Kier alpha value is 0. The maximum atomic E-state index is 2.47. The number of rotatable bonds is 5. The minimum Gasteiger partial charge on any atom is -0.0622 e. The molecule has 0 saturated carbocycles. The summed E-state index contributed by atoms with van der Waals surface area (Å²) in [6.07, 6.45) is 0. The predicted molar refractivity (Wildman–Crippen MR) is 84.8 cm³/mol. The van der Waals surface area contributed by atoms with Gasteiger partial charge in [-0.3, -0.25) is 0 Å². The molecule has 0 heterocycles. The van der Waals surface area contributed by atoms with E-state index in [2.05, 4.69) is 83.1 Å². The quantitative estimate of drug-likeness (QED) is 0.532. The van der Waals surface area contributed by atoms with Gasteiger partial charge in [0.2, 0.25) is 0 Å². The Morgan fingerprint density at radius 3 is 0.722 bits per heavy atom. The second-order valence-corrected chi connectivity index (χ2v) is 9.00. The maximum Gasteiger partial charge on any atom is -0.0244 e. The van der Waals surface area contributed by atoms with Gasteiger partial charge in [-0.25, -0.2) is 0 Å². The Bertz CT molecular complexity index is 244. The highest BCUT2D eigenvalue weighted by atomic mass is 14.6. The van der Waals surface area contributed by atoms with Crippen molar-refractivity contribution in [3.8, 4) is 0 Å². The van der Waals surface area contributed by atoms with Gasteiger partial charge in [0.1, 0.15) is 0 Å². The molecule has 0 rings (SSSR count). The van der Waals surface area contributed by atoms with Crippen molar-refractivity contribution < 1.29 is 0 Å². The molecule has 0 atom stereocenters. The summed E-state index contributed by atoms with van der Waals surface area (Å²) in [7, 11) is 0. The normalized spacial score (nSPS) is 15.7. The molecule has 0 aliphatic carbocycles. The van der Waals surface area contributed by atoms with Crippen LogP contribution in [0.25, 0.3) is 0 Å². The van der Waals surface area contributed by atoms with Crippen LogP contribution in [0.5, 0.6) is 0 Å². The largest absolute Gasteiger partial charge is 0.0622 e. The van der Waals surface area contributed by atoms with Crippen LogP contribution in [0, 0.1) is 33.5 Å². The molecule has 0 nitrogen and oxygen atoms in total. The van der Waals surface area contributed by atoms with Crippen molar-refractivity contribution in [3.63, 3.8) is 0 Å². The van der Waals surface area contributed by atoms with Crippen molar-refractivity contribution >= 4 is 0 Å². The average Bonchev–Trinajstić information content (AvgIpc) is 2.15. The molecule has 18 heavy (non-hydrogen) atoms. The van der Waals surface area contributed by atoms with Crippen molar-refractivity contribution in [2.45, 2.75) is 83.1 Å². The zero-order valence-corrected chi connectivity index (χ0v) is 15.2. The average molecular weight is 255 g/mol. The maximum absolute atomic E-state index is 2.47. The molecule has 0 aliphatic rings. The van der Waals surface area contributed by atoms with E-state index >= 15 is 0 Å². The Balaban J connectivity index is 5.74. The summed E-state index contributed by atoms with van der Waals surface area (Å²) >= 11 is 0. The molecule has 0 aliphatic heterocycles. The summed E-state index contributed by atoms with van der Waals surface area (Å²) in [5.41, 5.74) is 1.20. The second-order valence-electron chi connectivity index (χ2n) is 9.00. The molecule has 0 aromatic heterocycles. The van der Waals surface area contributed by atoms with Crippen LogP contribution in [0.15, 0.2) is 0 Å². The first-order valence-corrected chi connectivity index (χ1v) is 7.64. The van der Waals surface area contributed by atoms with Crippen molar-refractivity contribution in [1.29, 1.82) is 0 Å². The lowest BCUT2D eigenvalue weighted by Crippen LogP contribution is -2.54. The molecule has 0 unspecified atom stereocenters. The highest BCUT2D eigenvalue weighted by Gasteiger charge is 2.55. The summed E-state index contributed by atoms with van der Waals surface area (Å²) < 4.78 is 0. The van der Waals surface area contributed by atoms with Gasteiger partial charge in [-0.2, -0.15) is 0 Å². The van der Waals surface area contributed by atoms with E-state index < -0.39 is 0 Å². The fourth-order valence-electron chi connectivity index (χ4n) is 3.05. The van der Waals surface area contributed by atoms with E-state index in [-0.39, 0.29) is 10.8 Å². The summed E-state index contributed by atoms with van der Waals surface area (Å²) in [5, 5.41) is 0. The summed E-state index contributed by atoms with van der Waals surface area (Å²) in [5.74, 6) is 1.38. The van der Waals surface area contributed by atoms with Crippen LogP contribution in [0.3, 0.4) is 0 Å². The molecule has 0 heteroatoms. The lowest BCUT2D eigenvalue weighted by molar-refractivity contribution is -0.127. The Kier molecular flexibility index (Phi) is 4.84. The van der Waals surface area contributed by atoms with Gasteiger partial charge in [0.15, 0.2) is 0 Å². The summed E-state index contributed by atoms with van der Waals surface area (Å²) in [4.78, 5) is 0. The van der Waals surface area contributed by atoms with Crippen LogP contribution in [-0.4, -0.2) is 0 Å². The first-order valence-electron chi connectivity index (χ1n) is 7.64. The van der Waals surface area contributed by atoms with Crippen molar-refractivity contribution in [1.82, 2.24) is 0 Å². The number of hydrogen-bond acceptors (Lipinski definition) is 0. The molecule has 0 bridgehead atoms. The van der Waals surface area contributed by atoms with Gasteiger partial charge in [0, 0.05) is 0 Å². The summed E-state index contributed by atoms with van der Waals surface area (Å²) in [6.45, 7) is 29.1. The van der Waals surface area contributed by atoms with Crippen LogP contribution in [0.2, 0.25) is 0 Å². The molecular weight excluding hydrogens is 216 g/mol. The van der Waals surface area contributed by atoms with E-state index in [0.29, 0.717) is 22.7 Å². The third-order valence-corrected chi connectivity index (χ3v) is 7.67. The zero-order chi connectivity index (χ0) is 15.2. The smallest absolute Gasteiger partial charge is 0.0244 e. The molecule has 0 fully saturated rings. The van der Waals surface area contributed by atoms with E-state index in [9.17, 15) is 0 Å². The van der Waals surface area contributed by atoms with Crippen LogP contribution < -0.4 is 0 Å². The van der Waals surface area contributed by atoms with Crippen molar-refractivity contribution in [2.24, 2.45) is 33.5 Å². The van der Waals surface area contributed by atoms with Gasteiger partial charge in [-0.1, -0.05) is 83.1 Å². The van der Waals surface area contributed by atoms with Crippen LogP contribution >= 0.6 is 0 Å². The first kappa shape index (κ1) is 18.0. The predicted octanol–water partition coefficient (Wildman–Crippen LogP) is 6.40. The zero-order valence-electron chi connectivity index (χ0n) is 15.2. The van der Waals surface area contributed by atoms with Crippen molar-refractivity contribution in [3.05, 3.63) is 0 Å². The van der Waals surface area contributed by atoms with E-state index in [1.807, 2.05) is 0 Å². The third kappa shape index (κ3) is 2.37. The van der Waals surface area contributed by atoms with E-state index in [4.69, 9.17) is 0 Å². The molecule has 0 saturated heterocycles. The van der Waals surface area contributed by atoms with Crippen LogP contribution in [0.4, 0.5) is 0 Å².